The van der Waals surface area contributed by atoms with E-state index >= 15 is 0 Å². The summed E-state index contributed by atoms with van der Waals surface area (Å²) < 4.78 is 0. The van der Waals surface area contributed by atoms with Gasteiger partial charge in [0, 0.05) is 6.04 Å². The van der Waals surface area contributed by atoms with E-state index in [1.165, 1.54) is 37.9 Å². The van der Waals surface area contributed by atoms with E-state index in [4.69, 9.17) is 0 Å². The lowest BCUT2D eigenvalue weighted by molar-refractivity contribution is 0.186. The fourth-order valence-electron chi connectivity index (χ4n) is 2.92. The van der Waals surface area contributed by atoms with Crippen LogP contribution < -0.4 is 0 Å². The van der Waals surface area contributed by atoms with Crippen molar-refractivity contribution in [2.45, 2.75) is 31.7 Å². The first-order valence-corrected chi connectivity index (χ1v) is 6.10. The number of hydrogen-bond acceptors (Lipinski definition) is 1. The Balaban J connectivity index is 1.83. The highest BCUT2D eigenvalue weighted by atomic mass is 15.2. The van der Waals surface area contributed by atoms with E-state index in [-0.39, 0.29) is 0 Å². The van der Waals surface area contributed by atoms with Crippen LogP contribution in [0.2, 0.25) is 0 Å². The van der Waals surface area contributed by atoms with Gasteiger partial charge in [0.25, 0.3) is 0 Å². The molecule has 1 aliphatic heterocycles. The summed E-state index contributed by atoms with van der Waals surface area (Å²) in [6.45, 7) is 2.57. The van der Waals surface area contributed by atoms with Crippen LogP contribution in [0.5, 0.6) is 0 Å². The van der Waals surface area contributed by atoms with Crippen LogP contribution in [0.1, 0.15) is 36.4 Å². The third-order valence-corrected chi connectivity index (χ3v) is 3.72. The Kier molecular flexibility index (Phi) is 2.49. The number of fused-ring (bicyclic) bond motifs is 1. The van der Waals surface area contributed by atoms with Gasteiger partial charge in [0.05, 0.1) is 0 Å². The molecule has 1 atom stereocenters. The molecular formula is C14H18N. The monoisotopic (exact) mass is 200 g/mol. The smallest absolute Gasteiger partial charge is 0.0385 e. The zero-order valence-electron chi connectivity index (χ0n) is 9.15. The fourth-order valence-corrected chi connectivity index (χ4v) is 2.92. The molecule has 15 heavy (non-hydrogen) atoms. The summed E-state index contributed by atoms with van der Waals surface area (Å²) in [5.41, 5.74) is 3.09. The van der Waals surface area contributed by atoms with Crippen LogP contribution in [0.4, 0.5) is 0 Å². The summed E-state index contributed by atoms with van der Waals surface area (Å²) in [6.07, 6.45) is 7.83. The lowest BCUT2D eigenvalue weighted by atomic mass is 10.0. The highest BCUT2D eigenvalue weighted by molar-refractivity contribution is 5.38. The van der Waals surface area contributed by atoms with Gasteiger partial charge in [-0.25, -0.2) is 0 Å². The molecule has 1 aromatic rings. The third kappa shape index (κ3) is 1.69. The predicted molar refractivity (Wildman–Crippen MR) is 62.6 cm³/mol. The highest BCUT2D eigenvalue weighted by Gasteiger charge is 2.28. The number of likely N-dealkylation sites (tertiary alicyclic amines) is 1. The van der Waals surface area contributed by atoms with Gasteiger partial charge in [0.1, 0.15) is 0 Å². The van der Waals surface area contributed by atoms with Crippen LogP contribution in [-0.2, 0) is 6.42 Å². The van der Waals surface area contributed by atoms with Gasteiger partial charge in [-0.3, -0.25) is 4.90 Å². The van der Waals surface area contributed by atoms with Gasteiger partial charge < -0.3 is 0 Å². The zero-order valence-corrected chi connectivity index (χ0v) is 9.15. The van der Waals surface area contributed by atoms with Crippen molar-refractivity contribution in [2.75, 3.05) is 13.1 Å². The van der Waals surface area contributed by atoms with Crippen LogP contribution in [-0.4, -0.2) is 18.0 Å². The molecule has 0 bridgehead atoms. The third-order valence-electron chi connectivity index (χ3n) is 3.72. The Morgan fingerprint density at radius 2 is 1.80 bits per heavy atom. The van der Waals surface area contributed by atoms with Crippen LogP contribution in [0.15, 0.2) is 24.3 Å². The van der Waals surface area contributed by atoms with Gasteiger partial charge in [0.15, 0.2) is 0 Å². The van der Waals surface area contributed by atoms with E-state index in [1.54, 1.807) is 5.56 Å². The van der Waals surface area contributed by atoms with Gasteiger partial charge in [-0.2, -0.15) is 0 Å². The van der Waals surface area contributed by atoms with Crippen molar-refractivity contribution in [3.63, 3.8) is 0 Å². The molecule has 1 saturated heterocycles. The molecule has 2 aliphatic rings. The summed E-state index contributed by atoms with van der Waals surface area (Å²) in [5.74, 6) is 0. The minimum atomic E-state index is 0.612. The second-order valence-corrected chi connectivity index (χ2v) is 4.68. The number of rotatable bonds is 1. The van der Waals surface area contributed by atoms with Crippen molar-refractivity contribution in [2.24, 2.45) is 0 Å². The second kappa shape index (κ2) is 3.97. The maximum atomic E-state index is 2.65. The van der Waals surface area contributed by atoms with E-state index in [0.29, 0.717) is 6.04 Å². The molecule has 0 saturated carbocycles. The van der Waals surface area contributed by atoms with E-state index in [1.807, 2.05) is 0 Å². The average molecular weight is 200 g/mol. The summed E-state index contributed by atoms with van der Waals surface area (Å²) in [5, 5.41) is 0. The van der Waals surface area contributed by atoms with Crippen molar-refractivity contribution >= 4 is 0 Å². The molecule has 0 amide bonds. The van der Waals surface area contributed by atoms with E-state index < -0.39 is 0 Å². The molecule has 1 aliphatic carbocycles. The number of benzene rings is 1. The normalized spacial score (nSPS) is 26.5. The standard InChI is InChI=1S/C14H18N/c1-4-10-15(11-5-1)14-9-8-12-6-2-3-7-13(12)14/h2-3,6-7,9,14H,1,4-5,8,10-11H2. The molecule has 1 unspecified atom stereocenters. The van der Waals surface area contributed by atoms with Crippen LogP contribution in [0, 0.1) is 6.42 Å². The molecule has 1 aromatic carbocycles. The Morgan fingerprint density at radius 1 is 1.00 bits per heavy atom. The Morgan fingerprint density at radius 3 is 2.67 bits per heavy atom. The van der Waals surface area contributed by atoms with Gasteiger partial charge >= 0.3 is 0 Å². The fraction of sp³-hybridized carbons (Fsp3) is 0.500. The van der Waals surface area contributed by atoms with Gasteiger partial charge in [0.2, 0.25) is 0 Å². The van der Waals surface area contributed by atoms with Crippen molar-refractivity contribution in [1.29, 1.82) is 0 Å². The van der Waals surface area contributed by atoms with Gasteiger partial charge in [-0.05, 0) is 49.9 Å². The molecule has 0 spiro atoms. The van der Waals surface area contributed by atoms with E-state index in [9.17, 15) is 0 Å². The first-order chi connectivity index (χ1) is 7.45. The van der Waals surface area contributed by atoms with Crippen molar-refractivity contribution in [1.82, 2.24) is 4.90 Å². The number of piperidine rings is 1. The molecule has 1 nitrogen and oxygen atoms in total. The summed E-state index contributed by atoms with van der Waals surface area (Å²) in [4.78, 5) is 2.65. The molecule has 3 rings (SSSR count). The lowest BCUT2D eigenvalue weighted by Crippen LogP contribution is -2.32. The number of nitrogens with zero attached hydrogens (tertiary/aromatic N) is 1. The van der Waals surface area contributed by atoms with Crippen LogP contribution >= 0.6 is 0 Å². The molecule has 79 valence electrons. The lowest BCUT2D eigenvalue weighted by Gasteiger charge is -2.32. The van der Waals surface area contributed by atoms with E-state index in [0.717, 1.165) is 6.42 Å². The van der Waals surface area contributed by atoms with Crippen LogP contribution in [0.25, 0.3) is 0 Å². The SMILES string of the molecule is [CH]1Cc2ccccc2C1N1CCCCC1. The van der Waals surface area contributed by atoms with Crippen molar-refractivity contribution < 1.29 is 0 Å². The minimum absolute atomic E-state index is 0.612. The zero-order chi connectivity index (χ0) is 10.1. The minimum Gasteiger partial charge on any atom is -0.296 e. The van der Waals surface area contributed by atoms with Crippen molar-refractivity contribution in [3.05, 3.63) is 41.8 Å². The summed E-state index contributed by atoms with van der Waals surface area (Å²) in [7, 11) is 0. The number of hydrogen-bond donors (Lipinski definition) is 0. The largest absolute Gasteiger partial charge is 0.296 e. The Labute approximate surface area is 92.1 Å². The Hall–Kier alpha value is -0.820. The molecule has 0 N–H and O–H groups in total. The first-order valence-electron chi connectivity index (χ1n) is 6.10. The van der Waals surface area contributed by atoms with Gasteiger partial charge in [-0.1, -0.05) is 30.7 Å². The average Bonchev–Trinajstić information content (AvgIpc) is 2.74. The predicted octanol–water partition coefficient (Wildman–Crippen LogP) is 2.97. The second-order valence-electron chi connectivity index (χ2n) is 4.68. The van der Waals surface area contributed by atoms with E-state index in [2.05, 4.69) is 35.6 Å². The molecule has 0 aromatic heterocycles. The molecule has 1 fully saturated rings. The van der Waals surface area contributed by atoms with Crippen molar-refractivity contribution in [3.8, 4) is 0 Å². The van der Waals surface area contributed by atoms with Crippen LogP contribution in [0.3, 0.4) is 0 Å². The maximum absolute atomic E-state index is 2.65. The summed E-state index contributed by atoms with van der Waals surface area (Å²) >= 11 is 0. The molecule has 1 heterocycles. The Bertz CT molecular complexity index is 339. The highest BCUT2D eigenvalue weighted by Crippen LogP contribution is 2.35. The quantitative estimate of drug-likeness (QED) is 0.673. The first kappa shape index (κ1) is 9.41. The summed E-state index contributed by atoms with van der Waals surface area (Å²) in [6, 6.07) is 9.52. The van der Waals surface area contributed by atoms with Gasteiger partial charge in [-0.15, -0.1) is 0 Å². The topological polar surface area (TPSA) is 3.24 Å². The maximum Gasteiger partial charge on any atom is 0.0385 e. The molecular weight excluding hydrogens is 182 g/mol. The molecule has 1 radical (unpaired) electrons. The molecule has 1 heteroatoms.